The Morgan fingerprint density at radius 2 is 2.27 bits per heavy atom. The summed E-state index contributed by atoms with van der Waals surface area (Å²) >= 11 is 1.92. The van der Waals surface area contributed by atoms with E-state index in [9.17, 15) is 0 Å². The molecule has 0 aliphatic carbocycles. The van der Waals surface area contributed by atoms with Crippen molar-refractivity contribution in [2.24, 2.45) is 5.73 Å². The van der Waals surface area contributed by atoms with Gasteiger partial charge in [0, 0.05) is 25.0 Å². The Labute approximate surface area is 94.4 Å². The number of ether oxygens (including phenoxy) is 1. The van der Waals surface area contributed by atoms with Crippen LogP contribution in [0, 0.1) is 0 Å². The van der Waals surface area contributed by atoms with Gasteiger partial charge < -0.3 is 14.9 Å². The van der Waals surface area contributed by atoms with Crippen LogP contribution in [0.4, 0.5) is 0 Å². The highest BCUT2D eigenvalue weighted by molar-refractivity contribution is 8.00. The maximum Gasteiger partial charge on any atom is 0.118 e. The molecule has 2 rings (SSSR count). The standard InChI is InChI=1S/C11H17NO2S/c12-8-11(10-2-1-5-14-10)15-9-3-6-13-7-4-9/h1-2,5,9,11H,3-4,6-8,12H2. The topological polar surface area (TPSA) is 48.4 Å². The maximum absolute atomic E-state index is 5.77. The van der Waals surface area contributed by atoms with Gasteiger partial charge in [0.2, 0.25) is 0 Å². The monoisotopic (exact) mass is 227 g/mol. The normalized spacial score (nSPS) is 20.3. The van der Waals surface area contributed by atoms with E-state index in [0.29, 0.717) is 17.0 Å². The van der Waals surface area contributed by atoms with Crippen LogP contribution >= 0.6 is 11.8 Å². The van der Waals surface area contributed by atoms with E-state index >= 15 is 0 Å². The van der Waals surface area contributed by atoms with E-state index in [1.165, 1.54) is 0 Å². The van der Waals surface area contributed by atoms with Gasteiger partial charge in [0.05, 0.1) is 11.5 Å². The number of hydrogen-bond donors (Lipinski definition) is 1. The number of furan rings is 1. The largest absolute Gasteiger partial charge is 0.468 e. The zero-order valence-electron chi connectivity index (χ0n) is 8.72. The minimum absolute atomic E-state index is 0.295. The number of thioether (sulfide) groups is 1. The fourth-order valence-corrected chi connectivity index (χ4v) is 3.07. The summed E-state index contributed by atoms with van der Waals surface area (Å²) in [6.07, 6.45) is 3.96. The first-order valence-corrected chi connectivity index (χ1v) is 6.31. The van der Waals surface area contributed by atoms with E-state index in [0.717, 1.165) is 31.8 Å². The summed E-state index contributed by atoms with van der Waals surface area (Å²) in [5.74, 6) is 0.994. The third kappa shape index (κ3) is 3.00. The summed E-state index contributed by atoms with van der Waals surface area (Å²) < 4.78 is 10.7. The molecule has 1 aromatic heterocycles. The highest BCUT2D eigenvalue weighted by Gasteiger charge is 2.21. The molecule has 0 amide bonds. The predicted molar refractivity (Wildman–Crippen MR) is 61.9 cm³/mol. The first-order valence-electron chi connectivity index (χ1n) is 5.37. The molecule has 0 aromatic carbocycles. The molecule has 1 fully saturated rings. The average molecular weight is 227 g/mol. The van der Waals surface area contributed by atoms with Gasteiger partial charge in [-0.15, -0.1) is 11.8 Å². The van der Waals surface area contributed by atoms with Crippen molar-refractivity contribution in [3.05, 3.63) is 24.2 Å². The van der Waals surface area contributed by atoms with Crippen molar-refractivity contribution >= 4 is 11.8 Å². The van der Waals surface area contributed by atoms with Crippen LogP contribution in [-0.2, 0) is 4.74 Å². The summed E-state index contributed by atoms with van der Waals surface area (Å²) in [5, 5.41) is 0.959. The summed E-state index contributed by atoms with van der Waals surface area (Å²) in [7, 11) is 0. The molecule has 0 spiro atoms. The Balaban J connectivity index is 1.90. The second kappa shape index (κ2) is 5.58. The molecule has 1 atom stereocenters. The summed E-state index contributed by atoms with van der Waals surface area (Å²) in [6, 6.07) is 3.92. The van der Waals surface area contributed by atoms with E-state index < -0.39 is 0 Å². The van der Waals surface area contributed by atoms with Crippen LogP contribution in [0.1, 0.15) is 23.9 Å². The van der Waals surface area contributed by atoms with Gasteiger partial charge in [0.15, 0.2) is 0 Å². The van der Waals surface area contributed by atoms with Gasteiger partial charge in [0.25, 0.3) is 0 Å². The van der Waals surface area contributed by atoms with Gasteiger partial charge in [-0.1, -0.05) is 0 Å². The highest BCUT2D eigenvalue weighted by Crippen LogP contribution is 2.35. The lowest BCUT2D eigenvalue weighted by molar-refractivity contribution is 0.0999. The summed E-state index contributed by atoms with van der Waals surface area (Å²) in [4.78, 5) is 0. The molecule has 15 heavy (non-hydrogen) atoms. The van der Waals surface area contributed by atoms with Crippen LogP contribution in [0.2, 0.25) is 0 Å². The van der Waals surface area contributed by atoms with Crippen molar-refractivity contribution in [2.45, 2.75) is 23.3 Å². The number of rotatable bonds is 4. The minimum Gasteiger partial charge on any atom is -0.468 e. The molecule has 1 saturated heterocycles. The van der Waals surface area contributed by atoms with E-state index in [4.69, 9.17) is 14.9 Å². The third-order valence-corrected chi connectivity index (χ3v) is 4.21. The maximum atomic E-state index is 5.77. The molecule has 1 aliphatic rings. The zero-order valence-corrected chi connectivity index (χ0v) is 9.54. The van der Waals surface area contributed by atoms with Crippen LogP contribution in [0.3, 0.4) is 0 Å². The van der Waals surface area contributed by atoms with Crippen molar-refractivity contribution in [2.75, 3.05) is 19.8 Å². The molecule has 0 bridgehead atoms. The van der Waals surface area contributed by atoms with Gasteiger partial charge >= 0.3 is 0 Å². The van der Waals surface area contributed by atoms with Crippen LogP contribution in [-0.4, -0.2) is 25.0 Å². The molecule has 2 N–H and O–H groups in total. The van der Waals surface area contributed by atoms with Crippen LogP contribution < -0.4 is 5.73 Å². The number of hydrogen-bond acceptors (Lipinski definition) is 4. The molecular formula is C11H17NO2S. The third-order valence-electron chi connectivity index (χ3n) is 2.60. The highest BCUT2D eigenvalue weighted by atomic mass is 32.2. The summed E-state index contributed by atoms with van der Waals surface area (Å²) in [6.45, 7) is 2.40. The van der Waals surface area contributed by atoms with E-state index in [-0.39, 0.29) is 0 Å². The average Bonchev–Trinajstić information content (AvgIpc) is 2.81. The van der Waals surface area contributed by atoms with E-state index in [2.05, 4.69) is 0 Å². The molecule has 3 nitrogen and oxygen atoms in total. The van der Waals surface area contributed by atoms with Crippen LogP contribution in [0.15, 0.2) is 22.8 Å². The lowest BCUT2D eigenvalue weighted by Crippen LogP contribution is -2.20. The first kappa shape index (κ1) is 11.0. The molecule has 0 radical (unpaired) electrons. The quantitative estimate of drug-likeness (QED) is 0.856. The Morgan fingerprint density at radius 1 is 1.47 bits per heavy atom. The number of nitrogens with two attached hydrogens (primary N) is 1. The van der Waals surface area contributed by atoms with Gasteiger partial charge in [-0.25, -0.2) is 0 Å². The molecule has 1 aliphatic heterocycles. The van der Waals surface area contributed by atoms with E-state index in [1.54, 1.807) is 6.26 Å². The lowest BCUT2D eigenvalue weighted by Gasteiger charge is -2.24. The Hall–Kier alpha value is -0.450. The Morgan fingerprint density at radius 3 is 2.87 bits per heavy atom. The molecule has 1 aromatic rings. The van der Waals surface area contributed by atoms with Crippen molar-refractivity contribution in [3.63, 3.8) is 0 Å². The summed E-state index contributed by atoms with van der Waals surface area (Å²) in [5.41, 5.74) is 5.77. The van der Waals surface area contributed by atoms with Gasteiger partial charge in [-0.3, -0.25) is 0 Å². The minimum atomic E-state index is 0.295. The van der Waals surface area contributed by atoms with Crippen molar-refractivity contribution in [1.82, 2.24) is 0 Å². The second-order valence-corrected chi connectivity index (χ2v) is 5.20. The van der Waals surface area contributed by atoms with Crippen LogP contribution in [0.25, 0.3) is 0 Å². The smallest absolute Gasteiger partial charge is 0.118 e. The zero-order chi connectivity index (χ0) is 10.5. The first-order chi connectivity index (χ1) is 7.40. The van der Waals surface area contributed by atoms with Crippen LogP contribution in [0.5, 0.6) is 0 Å². The molecular weight excluding hydrogens is 210 g/mol. The molecule has 84 valence electrons. The fourth-order valence-electron chi connectivity index (χ4n) is 1.76. The SMILES string of the molecule is NCC(SC1CCOCC1)c1ccco1. The van der Waals surface area contributed by atoms with Gasteiger partial charge in [-0.05, 0) is 25.0 Å². The predicted octanol–water partition coefficient (Wildman–Crippen LogP) is 2.19. The van der Waals surface area contributed by atoms with E-state index in [1.807, 2.05) is 23.9 Å². The van der Waals surface area contributed by atoms with Crippen molar-refractivity contribution in [3.8, 4) is 0 Å². The fraction of sp³-hybridized carbons (Fsp3) is 0.636. The van der Waals surface area contributed by atoms with Crippen molar-refractivity contribution in [1.29, 1.82) is 0 Å². The molecule has 0 saturated carbocycles. The molecule has 4 heteroatoms. The van der Waals surface area contributed by atoms with Gasteiger partial charge in [-0.2, -0.15) is 0 Å². The molecule has 1 unspecified atom stereocenters. The lowest BCUT2D eigenvalue weighted by atomic mass is 10.2. The Kier molecular flexibility index (Phi) is 4.11. The second-order valence-electron chi connectivity index (χ2n) is 3.69. The Bertz CT molecular complexity index is 270. The van der Waals surface area contributed by atoms with Gasteiger partial charge in [0.1, 0.15) is 5.76 Å². The molecule has 2 heterocycles. The van der Waals surface area contributed by atoms with Crippen molar-refractivity contribution < 1.29 is 9.15 Å².